The van der Waals surface area contributed by atoms with E-state index in [2.05, 4.69) is 54.8 Å². The van der Waals surface area contributed by atoms with Crippen molar-refractivity contribution in [1.82, 2.24) is 19.9 Å². The van der Waals surface area contributed by atoms with Crippen LogP contribution in [0.15, 0.2) is 73.6 Å². The molecule has 2 aliphatic rings. The predicted octanol–water partition coefficient (Wildman–Crippen LogP) is 5.00. The smallest absolute Gasteiger partial charge is 0.129 e. The normalized spacial score (nSPS) is 14.0. The van der Waals surface area contributed by atoms with Gasteiger partial charge >= 0.3 is 0 Å². The summed E-state index contributed by atoms with van der Waals surface area (Å²) in [5.41, 5.74) is 7.18. The van der Waals surface area contributed by atoms with E-state index >= 15 is 0 Å². The topological polar surface area (TPSA) is 75.6 Å². The van der Waals surface area contributed by atoms with Crippen LogP contribution in [-0.4, -0.2) is 33.0 Å². The molecule has 6 heteroatoms. The molecule has 2 N–H and O–H groups in total. The maximum atomic E-state index is 4.46. The highest BCUT2D eigenvalue weighted by atomic mass is 15.0. The molecule has 0 spiro atoms. The number of nitrogens with zero attached hydrogens (tertiary/aromatic N) is 4. The lowest BCUT2D eigenvalue weighted by Crippen LogP contribution is -2.13. The molecule has 6 rings (SSSR count). The van der Waals surface area contributed by atoms with E-state index in [0.717, 1.165) is 59.8 Å². The van der Waals surface area contributed by atoms with Gasteiger partial charge in [0.2, 0.25) is 0 Å². The van der Waals surface area contributed by atoms with Crippen molar-refractivity contribution in [3.63, 3.8) is 0 Å². The molecular weight excluding hydrogens is 396 g/mol. The predicted molar refractivity (Wildman–Crippen MR) is 129 cm³/mol. The van der Waals surface area contributed by atoms with Crippen LogP contribution < -0.4 is 10.6 Å². The van der Waals surface area contributed by atoms with E-state index in [1.807, 2.05) is 36.9 Å². The van der Waals surface area contributed by atoms with Crippen LogP contribution in [0.25, 0.3) is 22.3 Å². The number of aromatic nitrogens is 4. The van der Waals surface area contributed by atoms with Gasteiger partial charge in [-0.25, -0.2) is 9.97 Å². The van der Waals surface area contributed by atoms with E-state index in [0.29, 0.717) is 0 Å². The summed E-state index contributed by atoms with van der Waals surface area (Å²) in [5.74, 6) is 2.08. The van der Waals surface area contributed by atoms with E-state index in [1.165, 1.54) is 24.0 Å². The standard InChI is InChI=1S/2C13H13N3/c2*1-4-11(8-14-5-1)12-7-10-3-2-6-15-13(10)16-9-12/h2*1,4-5,7-9H,2-3,6H2,(H,15,16). The molecule has 160 valence electrons. The molecule has 2 aliphatic heterocycles. The molecule has 0 saturated carbocycles. The second-order valence-corrected chi connectivity index (χ2v) is 8.01. The Morgan fingerprint density at radius 1 is 0.594 bits per heavy atom. The fourth-order valence-electron chi connectivity index (χ4n) is 4.07. The summed E-state index contributed by atoms with van der Waals surface area (Å²) in [6.07, 6.45) is 15.7. The van der Waals surface area contributed by atoms with Crippen molar-refractivity contribution in [2.45, 2.75) is 25.7 Å². The zero-order valence-electron chi connectivity index (χ0n) is 18.0. The van der Waals surface area contributed by atoms with Crippen LogP contribution in [0, 0.1) is 0 Å². The van der Waals surface area contributed by atoms with Gasteiger partial charge in [0.1, 0.15) is 11.6 Å². The van der Waals surface area contributed by atoms with Crippen LogP contribution >= 0.6 is 0 Å². The van der Waals surface area contributed by atoms with Gasteiger partial charge in [0.15, 0.2) is 0 Å². The van der Waals surface area contributed by atoms with E-state index in [-0.39, 0.29) is 0 Å². The molecule has 0 radical (unpaired) electrons. The lowest BCUT2D eigenvalue weighted by molar-refractivity contribution is 0.818. The highest BCUT2D eigenvalue weighted by Crippen LogP contribution is 2.26. The molecule has 0 saturated heterocycles. The van der Waals surface area contributed by atoms with Crippen molar-refractivity contribution in [1.29, 1.82) is 0 Å². The molecule has 0 bridgehead atoms. The fraction of sp³-hybridized carbons (Fsp3) is 0.231. The first-order valence-corrected chi connectivity index (χ1v) is 11.1. The molecule has 4 aromatic rings. The summed E-state index contributed by atoms with van der Waals surface area (Å²) < 4.78 is 0. The van der Waals surface area contributed by atoms with Gasteiger partial charge in [-0.2, -0.15) is 0 Å². The Bertz CT molecular complexity index is 1080. The van der Waals surface area contributed by atoms with Gasteiger partial charge in [-0.15, -0.1) is 0 Å². The van der Waals surface area contributed by atoms with Crippen LogP contribution in [0.1, 0.15) is 24.0 Å². The van der Waals surface area contributed by atoms with Crippen LogP contribution in [0.2, 0.25) is 0 Å². The number of rotatable bonds is 2. The van der Waals surface area contributed by atoms with Crippen LogP contribution in [0.3, 0.4) is 0 Å². The fourth-order valence-corrected chi connectivity index (χ4v) is 4.07. The van der Waals surface area contributed by atoms with Crippen molar-refractivity contribution < 1.29 is 0 Å². The third-order valence-corrected chi connectivity index (χ3v) is 5.75. The Kier molecular flexibility index (Phi) is 6.01. The zero-order chi connectivity index (χ0) is 21.6. The molecule has 0 aromatic carbocycles. The summed E-state index contributed by atoms with van der Waals surface area (Å²) in [5, 5.41) is 6.63. The Morgan fingerprint density at radius 2 is 1.09 bits per heavy atom. The maximum absolute atomic E-state index is 4.46. The second kappa shape index (κ2) is 9.56. The van der Waals surface area contributed by atoms with E-state index in [1.54, 1.807) is 12.4 Å². The van der Waals surface area contributed by atoms with Crippen LogP contribution in [0.4, 0.5) is 11.6 Å². The monoisotopic (exact) mass is 422 g/mol. The SMILES string of the molecule is c1cncc(-c2cnc3c(c2)CCCN3)c1.c1cncc(-c2cnc3c(c2)CCCN3)c1. The molecule has 6 nitrogen and oxygen atoms in total. The van der Waals surface area contributed by atoms with Gasteiger partial charge in [-0.1, -0.05) is 12.1 Å². The molecule has 0 aliphatic carbocycles. The molecule has 0 fully saturated rings. The van der Waals surface area contributed by atoms with Gasteiger partial charge in [-0.3, -0.25) is 9.97 Å². The number of aryl methyl sites for hydroxylation is 2. The summed E-state index contributed by atoms with van der Waals surface area (Å²) in [6, 6.07) is 12.5. The Morgan fingerprint density at radius 3 is 1.53 bits per heavy atom. The summed E-state index contributed by atoms with van der Waals surface area (Å²) in [7, 11) is 0. The average molecular weight is 423 g/mol. The molecule has 4 aromatic heterocycles. The molecule has 0 unspecified atom stereocenters. The molecule has 0 atom stereocenters. The quantitative estimate of drug-likeness (QED) is 0.473. The highest BCUT2D eigenvalue weighted by Gasteiger charge is 2.11. The Labute approximate surface area is 188 Å². The lowest BCUT2D eigenvalue weighted by atomic mass is 10.0. The molecular formula is C26H26N6. The lowest BCUT2D eigenvalue weighted by Gasteiger charge is -2.17. The van der Waals surface area contributed by atoms with E-state index in [4.69, 9.17) is 0 Å². The first kappa shape index (κ1) is 20.1. The first-order chi connectivity index (χ1) is 15.9. The third kappa shape index (κ3) is 4.59. The number of nitrogens with one attached hydrogen (secondary N) is 2. The average Bonchev–Trinajstić information content (AvgIpc) is 2.89. The highest BCUT2D eigenvalue weighted by molar-refractivity contribution is 5.66. The second-order valence-electron chi connectivity index (χ2n) is 8.01. The number of hydrogen-bond acceptors (Lipinski definition) is 6. The van der Waals surface area contributed by atoms with Crippen molar-refractivity contribution in [2.75, 3.05) is 23.7 Å². The number of anilines is 2. The van der Waals surface area contributed by atoms with Crippen molar-refractivity contribution in [3.8, 4) is 22.3 Å². The van der Waals surface area contributed by atoms with Gasteiger partial charge in [0, 0.05) is 72.5 Å². The summed E-state index contributed by atoms with van der Waals surface area (Å²) in [6.45, 7) is 2.07. The van der Waals surface area contributed by atoms with Gasteiger partial charge in [0.05, 0.1) is 0 Å². The van der Waals surface area contributed by atoms with Crippen molar-refractivity contribution in [3.05, 3.63) is 84.7 Å². The first-order valence-electron chi connectivity index (χ1n) is 11.1. The number of hydrogen-bond donors (Lipinski definition) is 2. The Hall–Kier alpha value is -3.80. The number of pyridine rings is 4. The van der Waals surface area contributed by atoms with Crippen molar-refractivity contribution >= 4 is 11.6 Å². The van der Waals surface area contributed by atoms with Gasteiger partial charge in [-0.05, 0) is 61.1 Å². The van der Waals surface area contributed by atoms with Crippen molar-refractivity contribution in [2.24, 2.45) is 0 Å². The largest absolute Gasteiger partial charge is 0.370 e. The van der Waals surface area contributed by atoms with Gasteiger partial charge in [0.25, 0.3) is 0 Å². The molecule has 0 amide bonds. The zero-order valence-corrected chi connectivity index (χ0v) is 18.0. The van der Waals surface area contributed by atoms with E-state index < -0.39 is 0 Å². The van der Waals surface area contributed by atoms with Crippen LogP contribution in [-0.2, 0) is 12.8 Å². The maximum Gasteiger partial charge on any atom is 0.129 e. The Balaban J connectivity index is 0.000000135. The van der Waals surface area contributed by atoms with E-state index in [9.17, 15) is 0 Å². The third-order valence-electron chi connectivity index (χ3n) is 5.75. The minimum absolute atomic E-state index is 1.03. The minimum Gasteiger partial charge on any atom is -0.370 e. The molecule has 6 heterocycles. The minimum atomic E-state index is 1.03. The summed E-state index contributed by atoms with van der Waals surface area (Å²) in [4.78, 5) is 17.2. The van der Waals surface area contributed by atoms with Crippen LogP contribution in [0.5, 0.6) is 0 Å². The molecule has 32 heavy (non-hydrogen) atoms. The van der Waals surface area contributed by atoms with Gasteiger partial charge < -0.3 is 10.6 Å². The number of fused-ring (bicyclic) bond motifs is 2. The summed E-state index contributed by atoms with van der Waals surface area (Å²) >= 11 is 0.